The Labute approximate surface area is 166 Å². The lowest BCUT2D eigenvalue weighted by Gasteiger charge is -2.32. The van der Waals surface area contributed by atoms with Crippen LogP contribution >= 0.6 is 0 Å². The summed E-state index contributed by atoms with van der Waals surface area (Å²) in [7, 11) is 0. The third kappa shape index (κ3) is 4.64. The Kier molecular flexibility index (Phi) is 5.51. The number of hydrogen-bond acceptors (Lipinski definition) is 3. The van der Waals surface area contributed by atoms with Gasteiger partial charge < -0.3 is 14.6 Å². The number of piperidine rings is 1. The summed E-state index contributed by atoms with van der Waals surface area (Å²) >= 11 is 0. The molecule has 1 N–H and O–H groups in total. The highest BCUT2D eigenvalue weighted by atomic mass is 16.3. The average Bonchev–Trinajstić information content (AvgIpc) is 3.48. The molecular formula is C23H28N2O3. The molecule has 0 bridgehead atoms. The highest BCUT2D eigenvalue weighted by molar-refractivity contribution is 5.94. The van der Waals surface area contributed by atoms with E-state index in [1.54, 1.807) is 0 Å². The number of carbonyl (C=O) groups is 2. The quantitative estimate of drug-likeness (QED) is 0.831. The highest BCUT2D eigenvalue weighted by Gasteiger charge is 2.34. The molecule has 2 fully saturated rings. The van der Waals surface area contributed by atoms with E-state index in [0.717, 1.165) is 56.7 Å². The Morgan fingerprint density at radius 1 is 1.04 bits per heavy atom. The summed E-state index contributed by atoms with van der Waals surface area (Å²) in [6.45, 7) is 4.07. The second-order valence-corrected chi connectivity index (χ2v) is 8.14. The second-order valence-electron chi connectivity index (χ2n) is 8.14. The van der Waals surface area contributed by atoms with Gasteiger partial charge in [0.25, 0.3) is 5.91 Å². The van der Waals surface area contributed by atoms with Gasteiger partial charge in [0.05, 0.1) is 6.54 Å². The predicted molar refractivity (Wildman–Crippen MR) is 107 cm³/mol. The van der Waals surface area contributed by atoms with Gasteiger partial charge in [0, 0.05) is 24.6 Å². The Bertz CT molecular complexity index is 828. The van der Waals surface area contributed by atoms with Crippen molar-refractivity contribution in [2.45, 2.75) is 45.6 Å². The number of hydrogen-bond donors (Lipinski definition) is 1. The van der Waals surface area contributed by atoms with Gasteiger partial charge >= 0.3 is 0 Å². The van der Waals surface area contributed by atoms with E-state index in [2.05, 4.69) is 10.2 Å². The summed E-state index contributed by atoms with van der Waals surface area (Å²) in [5.74, 6) is 2.83. The molecule has 2 heterocycles. The summed E-state index contributed by atoms with van der Waals surface area (Å²) in [6, 6.07) is 11.7. The topological polar surface area (TPSA) is 62.6 Å². The molecule has 1 aliphatic carbocycles. The van der Waals surface area contributed by atoms with Crippen LogP contribution in [0.4, 0.5) is 0 Å². The van der Waals surface area contributed by atoms with Gasteiger partial charge in [-0.05, 0) is 74.8 Å². The molecule has 1 saturated carbocycles. The molecule has 1 aromatic heterocycles. The van der Waals surface area contributed by atoms with Gasteiger partial charge in [0.15, 0.2) is 0 Å². The summed E-state index contributed by atoms with van der Waals surface area (Å²) in [4.78, 5) is 26.5. The van der Waals surface area contributed by atoms with E-state index in [4.69, 9.17) is 4.42 Å². The maximum Gasteiger partial charge on any atom is 0.251 e. The van der Waals surface area contributed by atoms with E-state index in [1.807, 2.05) is 43.3 Å². The van der Waals surface area contributed by atoms with E-state index in [0.29, 0.717) is 29.9 Å². The lowest BCUT2D eigenvalue weighted by Crippen LogP contribution is -2.39. The van der Waals surface area contributed by atoms with Crippen molar-refractivity contribution in [1.29, 1.82) is 0 Å². The van der Waals surface area contributed by atoms with Crippen LogP contribution in [-0.2, 0) is 17.8 Å². The number of rotatable bonds is 6. The van der Waals surface area contributed by atoms with Gasteiger partial charge in [-0.25, -0.2) is 0 Å². The number of amides is 2. The minimum Gasteiger partial charge on any atom is -0.465 e. The number of nitrogens with one attached hydrogen (secondary N) is 1. The molecule has 2 aliphatic rings. The Morgan fingerprint density at radius 2 is 1.75 bits per heavy atom. The number of furan rings is 1. The van der Waals surface area contributed by atoms with Crippen molar-refractivity contribution >= 4 is 11.8 Å². The van der Waals surface area contributed by atoms with Crippen molar-refractivity contribution in [3.63, 3.8) is 0 Å². The molecule has 0 unspecified atom stereocenters. The molecule has 5 heteroatoms. The minimum atomic E-state index is -0.0903. The smallest absolute Gasteiger partial charge is 0.251 e. The van der Waals surface area contributed by atoms with Crippen LogP contribution < -0.4 is 5.32 Å². The highest BCUT2D eigenvalue weighted by Crippen LogP contribution is 2.32. The van der Waals surface area contributed by atoms with E-state index < -0.39 is 0 Å². The zero-order valence-corrected chi connectivity index (χ0v) is 16.4. The average molecular weight is 380 g/mol. The Morgan fingerprint density at radius 3 is 2.36 bits per heavy atom. The zero-order chi connectivity index (χ0) is 19.5. The van der Waals surface area contributed by atoms with Crippen LogP contribution in [0.1, 0.15) is 53.1 Å². The molecule has 0 spiro atoms. The first-order valence-corrected chi connectivity index (χ1v) is 10.3. The third-order valence-corrected chi connectivity index (χ3v) is 5.81. The van der Waals surface area contributed by atoms with Gasteiger partial charge in [-0.15, -0.1) is 0 Å². The van der Waals surface area contributed by atoms with Crippen LogP contribution in [-0.4, -0.2) is 29.8 Å². The normalized spacial score (nSPS) is 17.5. The standard InChI is InChI=1S/C23H28N2O3/c1-16-2-9-21(28-16)15-24-22(26)19-5-3-17(4-6-19)14-18-10-12-25(13-11-18)23(27)20-7-8-20/h2-6,9,18,20H,7-8,10-15H2,1H3,(H,24,26). The molecule has 2 aromatic rings. The summed E-state index contributed by atoms with van der Waals surface area (Å²) in [5.41, 5.74) is 1.92. The van der Waals surface area contributed by atoms with Crippen molar-refractivity contribution < 1.29 is 14.0 Å². The summed E-state index contributed by atoms with van der Waals surface area (Å²) in [5, 5.41) is 2.89. The van der Waals surface area contributed by atoms with E-state index in [9.17, 15) is 9.59 Å². The molecule has 5 nitrogen and oxygen atoms in total. The number of benzene rings is 1. The first kappa shape index (κ1) is 18.8. The van der Waals surface area contributed by atoms with Crippen molar-refractivity contribution in [3.8, 4) is 0 Å². The molecule has 148 valence electrons. The molecular weight excluding hydrogens is 352 g/mol. The van der Waals surface area contributed by atoms with Crippen molar-refractivity contribution in [3.05, 3.63) is 59.0 Å². The fraction of sp³-hybridized carbons (Fsp3) is 0.478. The lowest BCUT2D eigenvalue weighted by atomic mass is 9.89. The fourth-order valence-corrected chi connectivity index (χ4v) is 3.92. The van der Waals surface area contributed by atoms with Crippen LogP contribution in [0.5, 0.6) is 0 Å². The van der Waals surface area contributed by atoms with Gasteiger partial charge in [0.2, 0.25) is 5.91 Å². The van der Waals surface area contributed by atoms with Crippen molar-refractivity contribution in [1.82, 2.24) is 10.2 Å². The second kappa shape index (κ2) is 8.21. The van der Waals surface area contributed by atoms with Crippen LogP contribution in [0.3, 0.4) is 0 Å². The summed E-state index contributed by atoms with van der Waals surface area (Å²) in [6.07, 6.45) is 5.32. The Hall–Kier alpha value is -2.56. The molecule has 28 heavy (non-hydrogen) atoms. The van der Waals surface area contributed by atoms with Gasteiger partial charge in [-0.2, -0.15) is 0 Å². The third-order valence-electron chi connectivity index (χ3n) is 5.81. The van der Waals surface area contributed by atoms with Crippen LogP contribution in [0.15, 0.2) is 40.8 Å². The number of nitrogens with zero attached hydrogens (tertiary/aromatic N) is 1. The van der Waals surface area contributed by atoms with Gasteiger partial charge in [-0.3, -0.25) is 9.59 Å². The fourth-order valence-electron chi connectivity index (χ4n) is 3.92. The number of aryl methyl sites for hydroxylation is 1. The maximum atomic E-state index is 12.3. The predicted octanol–water partition coefficient (Wildman–Crippen LogP) is 3.71. The molecule has 1 saturated heterocycles. The SMILES string of the molecule is Cc1ccc(CNC(=O)c2ccc(CC3CCN(C(=O)C4CC4)CC3)cc2)o1. The molecule has 1 aliphatic heterocycles. The number of likely N-dealkylation sites (tertiary alicyclic amines) is 1. The van der Waals surface area contributed by atoms with Crippen LogP contribution in [0.2, 0.25) is 0 Å². The molecule has 0 atom stereocenters. The molecule has 2 amide bonds. The first-order chi connectivity index (χ1) is 13.6. The monoisotopic (exact) mass is 380 g/mol. The summed E-state index contributed by atoms with van der Waals surface area (Å²) < 4.78 is 5.47. The van der Waals surface area contributed by atoms with Crippen LogP contribution in [0, 0.1) is 18.8 Å². The first-order valence-electron chi connectivity index (χ1n) is 10.3. The lowest BCUT2D eigenvalue weighted by molar-refractivity contribution is -0.133. The van der Waals surface area contributed by atoms with E-state index in [1.165, 1.54) is 5.56 Å². The van der Waals surface area contributed by atoms with E-state index in [-0.39, 0.29) is 5.91 Å². The van der Waals surface area contributed by atoms with Crippen molar-refractivity contribution in [2.75, 3.05) is 13.1 Å². The zero-order valence-electron chi connectivity index (χ0n) is 16.4. The molecule has 1 aromatic carbocycles. The maximum absolute atomic E-state index is 12.3. The minimum absolute atomic E-state index is 0.0903. The van der Waals surface area contributed by atoms with Crippen molar-refractivity contribution in [2.24, 2.45) is 11.8 Å². The van der Waals surface area contributed by atoms with Gasteiger partial charge in [0.1, 0.15) is 11.5 Å². The number of carbonyl (C=O) groups excluding carboxylic acids is 2. The van der Waals surface area contributed by atoms with Crippen LogP contribution in [0.25, 0.3) is 0 Å². The van der Waals surface area contributed by atoms with Gasteiger partial charge in [-0.1, -0.05) is 12.1 Å². The Balaban J connectivity index is 1.24. The largest absolute Gasteiger partial charge is 0.465 e. The molecule has 0 radical (unpaired) electrons. The molecule has 4 rings (SSSR count). The van der Waals surface area contributed by atoms with E-state index >= 15 is 0 Å².